The summed E-state index contributed by atoms with van der Waals surface area (Å²) in [7, 11) is 0. The second-order valence-corrected chi connectivity index (χ2v) is 4.69. The molecule has 2 aliphatic rings. The van der Waals surface area contributed by atoms with Crippen LogP contribution in [0.15, 0.2) is 47.9 Å². The van der Waals surface area contributed by atoms with Crippen LogP contribution in [0.25, 0.3) is 0 Å². The lowest BCUT2D eigenvalue weighted by atomic mass is 10.1. The van der Waals surface area contributed by atoms with Gasteiger partial charge in [-0.3, -0.25) is 14.5 Å². The number of benzene rings is 1. The monoisotopic (exact) mass is 289 g/mol. The molecule has 2 N–H and O–H groups in total. The van der Waals surface area contributed by atoms with Crippen LogP contribution in [0.4, 0.5) is 5.69 Å². The van der Waals surface area contributed by atoms with E-state index >= 15 is 0 Å². The molecule has 0 spiro atoms. The van der Waals surface area contributed by atoms with Gasteiger partial charge < -0.3 is 10.6 Å². The van der Waals surface area contributed by atoms with E-state index in [4.69, 9.17) is 11.6 Å². The summed E-state index contributed by atoms with van der Waals surface area (Å²) in [4.78, 5) is 25.6. The minimum absolute atomic E-state index is 0.109. The van der Waals surface area contributed by atoms with Crippen molar-refractivity contribution in [3.05, 3.63) is 53.5 Å². The summed E-state index contributed by atoms with van der Waals surface area (Å²) >= 11 is 5.63. The Morgan fingerprint density at radius 2 is 2.10 bits per heavy atom. The van der Waals surface area contributed by atoms with Gasteiger partial charge in [0.05, 0.1) is 16.9 Å². The van der Waals surface area contributed by atoms with Gasteiger partial charge in [0.1, 0.15) is 11.7 Å². The van der Waals surface area contributed by atoms with Crippen LogP contribution in [0.1, 0.15) is 10.4 Å². The summed E-state index contributed by atoms with van der Waals surface area (Å²) in [5.74, 6) is 0.0195. The molecular formula is C14H12ClN3O2. The van der Waals surface area contributed by atoms with Crippen molar-refractivity contribution in [2.24, 2.45) is 0 Å². The predicted molar refractivity (Wildman–Crippen MR) is 76.1 cm³/mol. The Bertz CT molecular complexity index is 652. The van der Waals surface area contributed by atoms with Crippen molar-refractivity contribution in [1.82, 2.24) is 10.2 Å². The first-order valence-corrected chi connectivity index (χ1v) is 6.68. The van der Waals surface area contributed by atoms with Gasteiger partial charge in [0.2, 0.25) is 5.91 Å². The fourth-order valence-electron chi connectivity index (χ4n) is 2.23. The molecule has 1 aromatic rings. The first-order chi connectivity index (χ1) is 9.70. The number of rotatable bonds is 1. The Morgan fingerprint density at radius 3 is 2.90 bits per heavy atom. The first-order valence-electron chi connectivity index (χ1n) is 6.15. The highest BCUT2D eigenvalue weighted by Gasteiger charge is 2.27. The van der Waals surface area contributed by atoms with Crippen LogP contribution in [0.2, 0.25) is 0 Å². The fourth-order valence-corrected chi connectivity index (χ4v) is 2.38. The second-order valence-electron chi connectivity index (χ2n) is 4.43. The van der Waals surface area contributed by atoms with E-state index in [1.54, 1.807) is 30.4 Å². The molecule has 0 saturated carbocycles. The number of nitrogens with one attached hydrogen (secondary N) is 2. The van der Waals surface area contributed by atoms with Crippen molar-refractivity contribution >= 4 is 29.1 Å². The molecule has 102 valence electrons. The fraction of sp³-hybridized carbons (Fsp3) is 0.143. The van der Waals surface area contributed by atoms with E-state index in [2.05, 4.69) is 10.6 Å². The molecule has 6 heteroatoms. The molecule has 0 radical (unpaired) electrons. The first kappa shape index (κ1) is 12.7. The van der Waals surface area contributed by atoms with Crippen LogP contribution in [-0.2, 0) is 4.79 Å². The number of hydrogen-bond donors (Lipinski definition) is 2. The third kappa shape index (κ3) is 2.06. The quantitative estimate of drug-likeness (QED) is 0.773. The normalized spacial score (nSPS) is 16.9. The van der Waals surface area contributed by atoms with Crippen molar-refractivity contribution in [3.8, 4) is 0 Å². The Morgan fingerprint density at radius 1 is 1.30 bits per heavy atom. The molecule has 1 aromatic carbocycles. The number of anilines is 1. The lowest BCUT2D eigenvalue weighted by Crippen LogP contribution is -2.38. The van der Waals surface area contributed by atoms with E-state index in [0.717, 1.165) is 0 Å². The molecule has 5 nitrogen and oxygen atoms in total. The van der Waals surface area contributed by atoms with Crippen molar-refractivity contribution in [3.63, 3.8) is 0 Å². The van der Waals surface area contributed by atoms with E-state index < -0.39 is 0 Å². The molecular weight excluding hydrogens is 278 g/mol. The van der Waals surface area contributed by atoms with Gasteiger partial charge in [0.25, 0.3) is 5.91 Å². The molecule has 0 unspecified atom stereocenters. The zero-order valence-electron chi connectivity index (χ0n) is 10.5. The Hall–Kier alpha value is -2.27. The number of carbonyl (C=O) groups excluding carboxylic acids is 2. The highest BCUT2D eigenvalue weighted by atomic mass is 35.5. The maximum Gasteiger partial charge on any atom is 0.257 e. The van der Waals surface area contributed by atoms with Crippen LogP contribution >= 0.6 is 11.6 Å². The van der Waals surface area contributed by atoms with Gasteiger partial charge in [0, 0.05) is 6.54 Å². The average Bonchev–Trinajstić information content (AvgIpc) is 2.62. The Labute approximate surface area is 120 Å². The molecule has 2 amide bonds. The number of nitrogens with zero attached hydrogens (tertiary/aromatic N) is 1. The van der Waals surface area contributed by atoms with E-state index in [1.807, 2.05) is 6.07 Å². The van der Waals surface area contributed by atoms with Crippen molar-refractivity contribution in [2.45, 2.75) is 0 Å². The lowest BCUT2D eigenvalue weighted by Gasteiger charge is -2.28. The molecule has 0 aliphatic carbocycles. The minimum atomic E-state index is -0.218. The van der Waals surface area contributed by atoms with E-state index in [-0.39, 0.29) is 17.7 Å². The molecule has 2 aliphatic heterocycles. The highest BCUT2D eigenvalue weighted by Crippen LogP contribution is 2.25. The molecule has 3 rings (SSSR count). The third-order valence-electron chi connectivity index (χ3n) is 3.19. The zero-order valence-corrected chi connectivity index (χ0v) is 11.3. The lowest BCUT2D eigenvalue weighted by molar-refractivity contribution is -0.126. The summed E-state index contributed by atoms with van der Waals surface area (Å²) in [5, 5.41) is 5.95. The third-order valence-corrected chi connectivity index (χ3v) is 3.41. The summed E-state index contributed by atoms with van der Waals surface area (Å²) < 4.78 is 0. The summed E-state index contributed by atoms with van der Waals surface area (Å²) in [5.41, 5.74) is 1.77. The van der Waals surface area contributed by atoms with Gasteiger partial charge in [-0.25, -0.2) is 0 Å². The topological polar surface area (TPSA) is 61.4 Å². The number of amides is 2. The van der Waals surface area contributed by atoms with E-state index in [1.165, 1.54) is 4.90 Å². The summed E-state index contributed by atoms with van der Waals surface area (Å²) in [6, 6.07) is 7.15. The number of halogens is 1. The molecule has 20 heavy (non-hydrogen) atoms. The SMILES string of the molecule is O=C1NC2=C(Nc3ccccc31)N(C(=O)CCl)CC=C2. The van der Waals surface area contributed by atoms with Gasteiger partial charge in [-0.05, 0) is 18.2 Å². The zero-order chi connectivity index (χ0) is 14.1. The summed E-state index contributed by atoms with van der Waals surface area (Å²) in [6.45, 7) is 0.426. The molecule has 2 heterocycles. The van der Waals surface area contributed by atoms with Crippen LogP contribution in [0.3, 0.4) is 0 Å². The van der Waals surface area contributed by atoms with E-state index in [9.17, 15) is 9.59 Å². The van der Waals surface area contributed by atoms with Crippen LogP contribution in [0, 0.1) is 0 Å². The van der Waals surface area contributed by atoms with Gasteiger partial charge >= 0.3 is 0 Å². The van der Waals surface area contributed by atoms with E-state index in [0.29, 0.717) is 29.3 Å². The molecule has 0 bridgehead atoms. The number of alkyl halides is 1. The smallest absolute Gasteiger partial charge is 0.257 e. The highest BCUT2D eigenvalue weighted by molar-refractivity contribution is 6.27. The maximum atomic E-state index is 12.2. The van der Waals surface area contributed by atoms with Gasteiger partial charge in [-0.2, -0.15) is 0 Å². The average molecular weight is 290 g/mol. The van der Waals surface area contributed by atoms with Crippen LogP contribution < -0.4 is 10.6 Å². The van der Waals surface area contributed by atoms with Crippen molar-refractivity contribution in [1.29, 1.82) is 0 Å². The van der Waals surface area contributed by atoms with Gasteiger partial charge in [0.15, 0.2) is 0 Å². The standard InChI is InChI=1S/C14H12ClN3O2/c15-8-12(19)18-7-3-6-11-13(18)16-10-5-2-1-4-9(10)14(20)17-11/h1-6,16H,7-8H2,(H,17,20). The molecule has 0 aromatic heterocycles. The minimum Gasteiger partial charge on any atom is -0.339 e. The van der Waals surface area contributed by atoms with Crippen molar-refractivity contribution < 1.29 is 9.59 Å². The molecule has 0 fully saturated rings. The van der Waals surface area contributed by atoms with Crippen LogP contribution in [0.5, 0.6) is 0 Å². The number of carbonyl (C=O) groups is 2. The Kier molecular flexibility index (Phi) is 3.20. The second kappa shape index (κ2) is 5.02. The molecule has 0 atom stereocenters. The molecule has 0 saturated heterocycles. The maximum absolute atomic E-state index is 12.2. The predicted octanol–water partition coefficient (Wildman–Crippen LogP) is 1.65. The van der Waals surface area contributed by atoms with Gasteiger partial charge in [-0.15, -0.1) is 11.6 Å². The van der Waals surface area contributed by atoms with Gasteiger partial charge in [-0.1, -0.05) is 18.2 Å². The van der Waals surface area contributed by atoms with Crippen molar-refractivity contribution in [2.75, 3.05) is 17.7 Å². The Balaban J connectivity index is 2.06. The largest absolute Gasteiger partial charge is 0.339 e. The number of fused-ring (bicyclic) bond motifs is 1. The summed E-state index contributed by atoms with van der Waals surface area (Å²) in [6.07, 6.45) is 3.59. The van der Waals surface area contributed by atoms with Crippen LogP contribution in [-0.4, -0.2) is 29.1 Å². The number of hydrogen-bond acceptors (Lipinski definition) is 3. The number of allylic oxidation sites excluding steroid dienone is 1. The number of para-hydroxylation sites is 1.